The number of Topliss-reactive ketones (excluding diaryl/α,β-unsaturated/α-hetero) is 2. The third-order valence-corrected chi connectivity index (χ3v) is 6.47. The summed E-state index contributed by atoms with van der Waals surface area (Å²) in [6.07, 6.45) is 12.3. The van der Waals surface area contributed by atoms with Gasteiger partial charge in [0.25, 0.3) is 0 Å². The van der Waals surface area contributed by atoms with Gasteiger partial charge in [-0.3, -0.25) is 9.59 Å². The second kappa shape index (κ2) is 4.92. The number of carbonyl (C=O) groups excluding carboxylic acids is 2. The van der Waals surface area contributed by atoms with Gasteiger partial charge in [-0.1, -0.05) is 85.0 Å². The van der Waals surface area contributed by atoms with Gasteiger partial charge in [0.2, 0.25) is 0 Å². The van der Waals surface area contributed by atoms with Crippen molar-refractivity contribution in [3.05, 3.63) is 107 Å². The van der Waals surface area contributed by atoms with Gasteiger partial charge in [-0.15, -0.1) is 0 Å². The van der Waals surface area contributed by atoms with Gasteiger partial charge >= 0.3 is 0 Å². The lowest BCUT2D eigenvalue weighted by Crippen LogP contribution is -2.42. The minimum atomic E-state index is -0.639. The number of ketones is 2. The molecule has 2 atom stereocenters. The monoisotopic (exact) mass is 348 g/mol. The molecule has 128 valence electrons. The van der Waals surface area contributed by atoms with Crippen molar-refractivity contribution in [2.24, 2.45) is 17.3 Å². The molecule has 4 aliphatic rings. The molecule has 0 aliphatic heterocycles. The zero-order valence-corrected chi connectivity index (χ0v) is 14.6. The molecule has 0 saturated heterocycles. The van der Waals surface area contributed by atoms with Crippen LogP contribution in [-0.4, -0.2) is 11.6 Å². The topological polar surface area (TPSA) is 34.1 Å². The molecular weight excluding hydrogens is 332 g/mol. The van der Waals surface area contributed by atoms with E-state index in [1.807, 2.05) is 72.8 Å². The first-order chi connectivity index (χ1) is 13.2. The van der Waals surface area contributed by atoms with Crippen LogP contribution in [0.4, 0.5) is 0 Å². The Bertz CT molecular complexity index is 1080. The Labute approximate surface area is 157 Å². The average Bonchev–Trinajstić information content (AvgIpc) is 3.17. The SMILES string of the molecule is O=C1c2ccccc2C2=CC=CC3(C=CC=C4c5ccccc5C(=O)C43)C12. The van der Waals surface area contributed by atoms with Gasteiger partial charge < -0.3 is 0 Å². The van der Waals surface area contributed by atoms with Crippen molar-refractivity contribution < 1.29 is 9.59 Å². The predicted octanol–water partition coefficient (Wildman–Crippen LogP) is 4.90. The first kappa shape index (κ1) is 14.9. The molecule has 2 heteroatoms. The van der Waals surface area contributed by atoms with Gasteiger partial charge in [0, 0.05) is 16.5 Å². The van der Waals surface area contributed by atoms with Crippen molar-refractivity contribution in [3.63, 3.8) is 0 Å². The van der Waals surface area contributed by atoms with Gasteiger partial charge in [-0.05, 0) is 22.3 Å². The van der Waals surface area contributed by atoms with Gasteiger partial charge in [-0.2, -0.15) is 0 Å². The van der Waals surface area contributed by atoms with Crippen LogP contribution >= 0.6 is 0 Å². The Morgan fingerprint density at radius 3 is 1.44 bits per heavy atom. The molecule has 2 aromatic carbocycles. The van der Waals surface area contributed by atoms with E-state index in [9.17, 15) is 9.59 Å². The summed E-state index contributed by atoms with van der Waals surface area (Å²) < 4.78 is 0. The Balaban J connectivity index is 1.58. The second-order valence-electron chi connectivity index (χ2n) is 7.65. The molecule has 0 radical (unpaired) electrons. The van der Waals surface area contributed by atoms with E-state index in [0.717, 1.165) is 33.4 Å². The summed E-state index contributed by atoms with van der Waals surface area (Å²) in [6.45, 7) is 0. The Morgan fingerprint density at radius 1 is 0.593 bits per heavy atom. The first-order valence-corrected chi connectivity index (χ1v) is 9.28. The number of hydrogen-bond donors (Lipinski definition) is 0. The van der Waals surface area contributed by atoms with Crippen molar-refractivity contribution in [1.82, 2.24) is 0 Å². The van der Waals surface area contributed by atoms with Crippen molar-refractivity contribution in [2.45, 2.75) is 0 Å². The molecule has 2 nitrogen and oxygen atoms in total. The summed E-state index contributed by atoms with van der Waals surface area (Å²) in [4.78, 5) is 26.9. The van der Waals surface area contributed by atoms with Crippen LogP contribution in [0, 0.1) is 17.3 Å². The van der Waals surface area contributed by atoms with Crippen molar-refractivity contribution in [2.75, 3.05) is 0 Å². The fraction of sp³-hybridized carbons (Fsp3) is 0.120. The molecule has 1 spiro atoms. The molecule has 0 amide bonds. The molecular formula is C25H16O2. The van der Waals surface area contributed by atoms with E-state index in [2.05, 4.69) is 12.2 Å². The fourth-order valence-corrected chi connectivity index (χ4v) is 5.41. The molecule has 0 bridgehead atoms. The molecule has 6 rings (SSSR count). The number of allylic oxidation sites excluding steroid dienone is 8. The van der Waals surface area contributed by atoms with Crippen LogP contribution in [0.5, 0.6) is 0 Å². The summed E-state index contributed by atoms with van der Waals surface area (Å²) in [6, 6.07) is 15.6. The third-order valence-electron chi connectivity index (χ3n) is 6.47. The lowest BCUT2D eigenvalue weighted by atomic mass is 9.58. The quantitative estimate of drug-likeness (QED) is 0.678. The van der Waals surface area contributed by atoms with Gasteiger partial charge in [0.1, 0.15) is 0 Å². The largest absolute Gasteiger partial charge is 0.293 e. The van der Waals surface area contributed by atoms with Crippen LogP contribution in [0.2, 0.25) is 0 Å². The van der Waals surface area contributed by atoms with Crippen molar-refractivity contribution in [1.29, 1.82) is 0 Å². The van der Waals surface area contributed by atoms with E-state index in [1.165, 1.54) is 0 Å². The first-order valence-electron chi connectivity index (χ1n) is 9.28. The molecule has 0 saturated carbocycles. The van der Waals surface area contributed by atoms with Crippen LogP contribution in [-0.2, 0) is 0 Å². The highest BCUT2D eigenvalue weighted by Crippen LogP contribution is 2.60. The van der Waals surface area contributed by atoms with Gasteiger partial charge in [-0.25, -0.2) is 0 Å². The molecule has 2 unspecified atom stereocenters. The lowest BCUT2D eigenvalue weighted by Gasteiger charge is -2.42. The highest BCUT2D eigenvalue weighted by Gasteiger charge is 2.57. The number of rotatable bonds is 0. The van der Waals surface area contributed by atoms with E-state index >= 15 is 0 Å². The smallest absolute Gasteiger partial charge is 0.172 e. The predicted molar refractivity (Wildman–Crippen MR) is 105 cm³/mol. The molecule has 27 heavy (non-hydrogen) atoms. The molecule has 4 aliphatic carbocycles. The normalized spacial score (nSPS) is 29.2. The number of benzene rings is 2. The van der Waals surface area contributed by atoms with Crippen LogP contribution in [0.3, 0.4) is 0 Å². The van der Waals surface area contributed by atoms with Crippen LogP contribution in [0.1, 0.15) is 31.8 Å². The zero-order valence-electron chi connectivity index (χ0n) is 14.6. The fourth-order valence-electron chi connectivity index (χ4n) is 5.41. The summed E-state index contributed by atoms with van der Waals surface area (Å²) >= 11 is 0. The minimum Gasteiger partial charge on any atom is -0.293 e. The Morgan fingerprint density at radius 2 is 1.00 bits per heavy atom. The van der Waals surface area contributed by atoms with Crippen molar-refractivity contribution >= 4 is 22.7 Å². The van der Waals surface area contributed by atoms with E-state index in [4.69, 9.17) is 0 Å². The average molecular weight is 348 g/mol. The number of carbonyl (C=O) groups is 2. The maximum Gasteiger partial charge on any atom is 0.172 e. The maximum absolute atomic E-state index is 13.4. The van der Waals surface area contributed by atoms with E-state index in [-0.39, 0.29) is 23.4 Å². The Kier molecular flexibility index (Phi) is 2.71. The molecule has 0 fully saturated rings. The van der Waals surface area contributed by atoms with E-state index in [0.29, 0.717) is 0 Å². The van der Waals surface area contributed by atoms with E-state index < -0.39 is 5.41 Å². The minimum absolute atomic E-state index is 0.121. The molecule has 0 N–H and O–H groups in total. The van der Waals surface area contributed by atoms with Crippen LogP contribution in [0.25, 0.3) is 11.1 Å². The van der Waals surface area contributed by atoms with Crippen LogP contribution in [0.15, 0.2) is 85.0 Å². The number of fused-ring (bicyclic) bond motifs is 8. The summed E-state index contributed by atoms with van der Waals surface area (Å²) in [5, 5.41) is 0. The highest BCUT2D eigenvalue weighted by atomic mass is 16.1. The summed E-state index contributed by atoms with van der Waals surface area (Å²) in [7, 11) is 0. The maximum atomic E-state index is 13.4. The molecule has 2 aromatic rings. The second-order valence-corrected chi connectivity index (χ2v) is 7.65. The lowest BCUT2D eigenvalue weighted by molar-refractivity contribution is 0.0823. The van der Waals surface area contributed by atoms with Gasteiger partial charge in [0.05, 0.1) is 11.8 Å². The number of hydrogen-bond acceptors (Lipinski definition) is 2. The van der Waals surface area contributed by atoms with Crippen molar-refractivity contribution in [3.8, 4) is 0 Å². The summed E-state index contributed by atoms with van der Waals surface area (Å²) in [5.41, 5.74) is 4.97. The van der Waals surface area contributed by atoms with Gasteiger partial charge in [0.15, 0.2) is 11.6 Å². The van der Waals surface area contributed by atoms with Crippen LogP contribution < -0.4 is 0 Å². The third kappa shape index (κ3) is 1.66. The van der Waals surface area contributed by atoms with E-state index in [1.54, 1.807) is 0 Å². The Hall–Kier alpha value is -3.26. The standard InChI is InChI=1S/C25H16O2/c26-23-19-9-3-1-7-15(19)17-11-5-13-25(21(17)23)14-6-12-18-16-8-2-4-10-20(16)24(27)22(18)25/h1-14,21-22H. The molecule has 0 aromatic heterocycles. The zero-order chi connectivity index (χ0) is 18.2. The molecule has 0 heterocycles. The highest BCUT2D eigenvalue weighted by molar-refractivity contribution is 6.19. The summed E-state index contributed by atoms with van der Waals surface area (Å²) in [5.74, 6) is -0.446.